The molecule has 1 aliphatic heterocycles. The fraction of sp³-hybridized carbons (Fsp3) is 0.467. The Hall–Kier alpha value is -1.98. The third kappa shape index (κ3) is 3.56. The van der Waals surface area contributed by atoms with Crippen LogP contribution < -0.4 is 0 Å². The number of likely N-dealkylation sites (tertiary alicyclic amines) is 1. The molecular weight excluding hydrogens is 280 g/mol. The summed E-state index contributed by atoms with van der Waals surface area (Å²) in [6.07, 6.45) is -0.331. The van der Waals surface area contributed by atoms with Crippen molar-refractivity contribution in [1.82, 2.24) is 4.90 Å². The van der Waals surface area contributed by atoms with Crippen molar-refractivity contribution in [2.24, 2.45) is 0 Å². The standard InChI is InChI=1S/C15H17F2NO3/c1-15(2,3)21-14(20)18-12(4-5-13(18)19)9-6-10(16)8-11(17)7-9/h6-8,12H,4-5H2,1-3H3. The van der Waals surface area contributed by atoms with Gasteiger partial charge in [0.1, 0.15) is 17.2 Å². The zero-order valence-corrected chi connectivity index (χ0v) is 12.2. The van der Waals surface area contributed by atoms with Crippen LogP contribution in [0.1, 0.15) is 45.2 Å². The second kappa shape index (κ2) is 5.42. The second-order valence-corrected chi connectivity index (χ2v) is 6.00. The molecule has 4 nitrogen and oxygen atoms in total. The highest BCUT2D eigenvalue weighted by atomic mass is 19.1. The van der Waals surface area contributed by atoms with Gasteiger partial charge in [0.05, 0.1) is 6.04 Å². The lowest BCUT2D eigenvalue weighted by atomic mass is 10.0. The van der Waals surface area contributed by atoms with Gasteiger partial charge in [0, 0.05) is 12.5 Å². The number of hydrogen-bond acceptors (Lipinski definition) is 3. The predicted molar refractivity (Wildman–Crippen MR) is 71.4 cm³/mol. The lowest BCUT2D eigenvalue weighted by molar-refractivity contribution is -0.128. The van der Waals surface area contributed by atoms with Crippen LogP contribution in [-0.2, 0) is 9.53 Å². The molecule has 0 bridgehead atoms. The molecule has 114 valence electrons. The molecule has 0 spiro atoms. The molecule has 1 aliphatic rings. The van der Waals surface area contributed by atoms with Gasteiger partial charge in [0.15, 0.2) is 0 Å². The monoisotopic (exact) mass is 297 g/mol. The first-order valence-corrected chi connectivity index (χ1v) is 6.68. The van der Waals surface area contributed by atoms with Gasteiger partial charge in [-0.1, -0.05) is 0 Å². The average Bonchev–Trinajstić information content (AvgIpc) is 2.67. The highest BCUT2D eigenvalue weighted by Crippen LogP contribution is 2.34. The van der Waals surface area contributed by atoms with E-state index in [9.17, 15) is 18.4 Å². The Balaban J connectivity index is 2.30. The van der Waals surface area contributed by atoms with Gasteiger partial charge in [0.25, 0.3) is 0 Å². The van der Waals surface area contributed by atoms with Gasteiger partial charge in [-0.25, -0.2) is 18.5 Å². The number of amides is 2. The van der Waals surface area contributed by atoms with Crippen LogP contribution in [0.3, 0.4) is 0 Å². The van der Waals surface area contributed by atoms with Gasteiger partial charge in [-0.2, -0.15) is 0 Å². The molecule has 1 fully saturated rings. The van der Waals surface area contributed by atoms with Crippen LogP contribution in [0.5, 0.6) is 0 Å². The van der Waals surface area contributed by atoms with E-state index >= 15 is 0 Å². The van der Waals surface area contributed by atoms with E-state index in [4.69, 9.17) is 4.74 Å². The van der Waals surface area contributed by atoms with Crippen LogP contribution in [-0.4, -0.2) is 22.5 Å². The van der Waals surface area contributed by atoms with Gasteiger partial charge in [-0.15, -0.1) is 0 Å². The number of carbonyl (C=O) groups excluding carboxylic acids is 2. The molecule has 2 rings (SSSR count). The number of hydrogen-bond donors (Lipinski definition) is 0. The highest BCUT2D eigenvalue weighted by Gasteiger charge is 2.39. The van der Waals surface area contributed by atoms with Crippen molar-refractivity contribution in [3.05, 3.63) is 35.4 Å². The minimum atomic E-state index is -0.792. The van der Waals surface area contributed by atoms with Crippen molar-refractivity contribution >= 4 is 12.0 Å². The number of benzene rings is 1. The number of nitrogens with zero attached hydrogens (tertiary/aromatic N) is 1. The summed E-state index contributed by atoms with van der Waals surface area (Å²) in [5.41, 5.74) is -0.498. The minimum absolute atomic E-state index is 0.141. The molecule has 1 aromatic carbocycles. The molecule has 0 aromatic heterocycles. The predicted octanol–water partition coefficient (Wildman–Crippen LogP) is 3.56. The summed E-state index contributed by atoms with van der Waals surface area (Å²) in [6, 6.07) is 2.31. The Labute approximate surface area is 121 Å². The largest absolute Gasteiger partial charge is 0.443 e. The molecule has 0 N–H and O–H groups in total. The maximum atomic E-state index is 13.3. The summed E-state index contributed by atoms with van der Waals surface area (Å²) in [6.45, 7) is 5.05. The molecule has 1 unspecified atom stereocenters. The van der Waals surface area contributed by atoms with E-state index in [0.29, 0.717) is 6.42 Å². The number of carbonyl (C=O) groups is 2. The van der Waals surface area contributed by atoms with Crippen molar-refractivity contribution in [2.45, 2.75) is 45.3 Å². The van der Waals surface area contributed by atoms with Crippen LogP contribution >= 0.6 is 0 Å². The van der Waals surface area contributed by atoms with Gasteiger partial charge in [-0.3, -0.25) is 4.79 Å². The summed E-state index contributed by atoms with van der Waals surface area (Å²) in [4.78, 5) is 25.0. The van der Waals surface area contributed by atoms with E-state index < -0.39 is 35.3 Å². The van der Waals surface area contributed by atoms with E-state index in [-0.39, 0.29) is 12.0 Å². The first kappa shape index (κ1) is 15.4. The molecule has 1 heterocycles. The Bertz CT molecular complexity index is 561. The summed E-state index contributed by atoms with van der Waals surface area (Å²) >= 11 is 0. The highest BCUT2D eigenvalue weighted by molar-refractivity contribution is 5.94. The van der Waals surface area contributed by atoms with Crippen LogP contribution in [0.4, 0.5) is 13.6 Å². The molecule has 2 amide bonds. The molecule has 6 heteroatoms. The molecule has 0 saturated carbocycles. The Morgan fingerprint density at radius 3 is 2.33 bits per heavy atom. The lowest BCUT2D eigenvalue weighted by Crippen LogP contribution is -2.39. The topological polar surface area (TPSA) is 46.6 Å². The third-order valence-electron chi connectivity index (χ3n) is 3.07. The maximum Gasteiger partial charge on any atom is 0.417 e. The van der Waals surface area contributed by atoms with E-state index in [0.717, 1.165) is 23.1 Å². The van der Waals surface area contributed by atoms with Crippen molar-refractivity contribution in [3.63, 3.8) is 0 Å². The van der Waals surface area contributed by atoms with Crippen molar-refractivity contribution in [2.75, 3.05) is 0 Å². The van der Waals surface area contributed by atoms with E-state index in [1.165, 1.54) is 0 Å². The quantitative estimate of drug-likeness (QED) is 0.796. The molecule has 1 saturated heterocycles. The zero-order valence-electron chi connectivity index (χ0n) is 12.2. The molecule has 1 aromatic rings. The van der Waals surface area contributed by atoms with Crippen molar-refractivity contribution in [3.8, 4) is 0 Å². The SMILES string of the molecule is CC(C)(C)OC(=O)N1C(=O)CCC1c1cc(F)cc(F)c1. The van der Waals surface area contributed by atoms with E-state index in [1.54, 1.807) is 20.8 Å². The Kier molecular flexibility index (Phi) is 3.98. The molecule has 0 aliphatic carbocycles. The summed E-state index contributed by atoms with van der Waals surface area (Å²) in [5.74, 6) is -1.89. The first-order valence-electron chi connectivity index (χ1n) is 6.68. The minimum Gasteiger partial charge on any atom is -0.443 e. The zero-order chi connectivity index (χ0) is 15.8. The van der Waals surface area contributed by atoms with Crippen LogP contribution in [0.25, 0.3) is 0 Å². The second-order valence-electron chi connectivity index (χ2n) is 6.00. The summed E-state index contributed by atoms with van der Waals surface area (Å²) in [5, 5.41) is 0. The fourth-order valence-electron chi connectivity index (χ4n) is 2.31. The van der Waals surface area contributed by atoms with Gasteiger partial charge < -0.3 is 4.74 Å². The molecule has 21 heavy (non-hydrogen) atoms. The number of imide groups is 1. The summed E-state index contributed by atoms with van der Waals surface area (Å²) < 4.78 is 31.8. The number of rotatable bonds is 1. The smallest absolute Gasteiger partial charge is 0.417 e. The van der Waals surface area contributed by atoms with Crippen molar-refractivity contribution < 1.29 is 23.1 Å². The van der Waals surface area contributed by atoms with E-state index in [1.807, 2.05) is 0 Å². The molecule has 0 radical (unpaired) electrons. The van der Waals surface area contributed by atoms with Crippen molar-refractivity contribution in [1.29, 1.82) is 0 Å². The van der Waals surface area contributed by atoms with Crippen LogP contribution in [0.15, 0.2) is 18.2 Å². The van der Waals surface area contributed by atoms with Crippen LogP contribution in [0.2, 0.25) is 0 Å². The molecule has 1 atom stereocenters. The number of halogens is 2. The Morgan fingerprint density at radius 2 is 1.81 bits per heavy atom. The van der Waals surface area contributed by atoms with Gasteiger partial charge in [-0.05, 0) is 44.9 Å². The normalized spacial score (nSPS) is 19.0. The maximum absolute atomic E-state index is 13.3. The lowest BCUT2D eigenvalue weighted by Gasteiger charge is -2.27. The average molecular weight is 297 g/mol. The first-order chi connectivity index (χ1) is 9.67. The van der Waals surface area contributed by atoms with Crippen LogP contribution in [0, 0.1) is 11.6 Å². The molecular formula is C15H17F2NO3. The van der Waals surface area contributed by atoms with Gasteiger partial charge in [0.2, 0.25) is 5.91 Å². The van der Waals surface area contributed by atoms with E-state index in [2.05, 4.69) is 0 Å². The third-order valence-corrected chi connectivity index (χ3v) is 3.07. The van der Waals surface area contributed by atoms with Gasteiger partial charge >= 0.3 is 6.09 Å². The fourth-order valence-corrected chi connectivity index (χ4v) is 2.31. The summed E-state index contributed by atoms with van der Waals surface area (Å²) in [7, 11) is 0. The Morgan fingerprint density at radius 1 is 1.24 bits per heavy atom. The number of ether oxygens (including phenoxy) is 1.